The van der Waals surface area contributed by atoms with E-state index in [1.807, 2.05) is 0 Å². The quantitative estimate of drug-likeness (QED) is 0.263. The zero-order valence-electron chi connectivity index (χ0n) is 16.2. The summed E-state index contributed by atoms with van der Waals surface area (Å²) < 4.78 is 9.36. The van der Waals surface area contributed by atoms with Gasteiger partial charge in [-0.15, -0.1) is 0 Å². The number of Topliss-reactive ketones (excluding diaryl/α,β-unsaturated/α-hetero) is 2. The number of aliphatic hydroxyl groups excluding tert-OH is 1. The Morgan fingerprint density at radius 1 is 0.963 bits per heavy atom. The predicted octanol–water partition coefficient (Wildman–Crippen LogP) is 2.66. The van der Waals surface area contributed by atoms with E-state index in [2.05, 4.69) is 11.7 Å². The molecule has 0 aliphatic carbocycles. The molecule has 0 radical (unpaired) electrons. The average molecular weight is 384 g/mol. The Balaban J connectivity index is 1.98. The molecule has 0 spiro atoms. The van der Waals surface area contributed by atoms with Crippen LogP contribution in [0.2, 0.25) is 0 Å². The molecule has 0 aromatic heterocycles. The maximum Gasteiger partial charge on any atom is 0.383 e. The Kier molecular flexibility index (Phi) is 11.6. The van der Waals surface area contributed by atoms with Crippen LogP contribution in [0.3, 0.4) is 0 Å². The van der Waals surface area contributed by atoms with Crippen molar-refractivity contribution in [2.75, 3.05) is 6.61 Å². The van der Waals surface area contributed by atoms with Crippen molar-refractivity contribution in [2.24, 2.45) is 0 Å². The molecule has 0 aromatic carbocycles. The molecule has 1 aliphatic heterocycles. The lowest BCUT2D eigenvalue weighted by molar-refractivity contribution is -0.156. The second-order valence-electron chi connectivity index (χ2n) is 7.06. The molecule has 7 nitrogen and oxygen atoms in total. The van der Waals surface area contributed by atoms with Crippen LogP contribution in [0.4, 0.5) is 0 Å². The first kappa shape index (κ1) is 23.3. The molecular formula is C20H32O7. The zero-order valence-corrected chi connectivity index (χ0v) is 16.2. The molecule has 27 heavy (non-hydrogen) atoms. The van der Waals surface area contributed by atoms with Crippen LogP contribution < -0.4 is 0 Å². The first-order valence-corrected chi connectivity index (χ1v) is 10.1. The van der Waals surface area contributed by atoms with E-state index in [-0.39, 0.29) is 6.42 Å². The van der Waals surface area contributed by atoms with Crippen LogP contribution in [0.5, 0.6) is 0 Å². The number of ether oxygens (including phenoxy) is 2. The highest BCUT2D eigenvalue weighted by Crippen LogP contribution is 2.14. The number of carbonyl (C=O) groups excluding carboxylic acids is 4. The van der Waals surface area contributed by atoms with Crippen LogP contribution in [-0.4, -0.2) is 47.4 Å². The lowest BCUT2D eigenvalue weighted by Crippen LogP contribution is -2.37. The molecule has 154 valence electrons. The molecule has 0 aromatic rings. The summed E-state index contributed by atoms with van der Waals surface area (Å²) in [7, 11) is 0. The van der Waals surface area contributed by atoms with Crippen LogP contribution >= 0.6 is 0 Å². The van der Waals surface area contributed by atoms with Crippen molar-refractivity contribution in [3.05, 3.63) is 0 Å². The molecule has 0 bridgehead atoms. The van der Waals surface area contributed by atoms with Crippen molar-refractivity contribution in [3.8, 4) is 0 Å². The number of hydrogen-bond acceptors (Lipinski definition) is 7. The topological polar surface area (TPSA) is 107 Å². The van der Waals surface area contributed by atoms with E-state index in [1.165, 1.54) is 51.4 Å². The van der Waals surface area contributed by atoms with Gasteiger partial charge >= 0.3 is 17.7 Å². The Labute approximate surface area is 160 Å². The summed E-state index contributed by atoms with van der Waals surface area (Å²) in [5, 5.41) is 9.74. The summed E-state index contributed by atoms with van der Waals surface area (Å²) in [6.07, 6.45) is 10.1. The molecule has 1 N–H and O–H groups in total. The summed E-state index contributed by atoms with van der Waals surface area (Å²) >= 11 is 0. The molecule has 1 rings (SSSR count). The van der Waals surface area contributed by atoms with Gasteiger partial charge in [-0.1, -0.05) is 71.1 Å². The van der Waals surface area contributed by atoms with Crippen molar-refractivity contribution >= 4 is 23.5 Å². The van der Waals surface area contributed by atoms with Gasteiger partial charge in [0.2, 0.25) is 0 Å². The Morgan fingerprint density at radius 3 is 1.96 bits per heavy atom. The van der Waals surface area contributed by atoms with Crippen molar-refractivity contribution in [1.29, 1.82) is 0 Å². The second kappa shape index (κ2) is 13.4. The minimum atomic E-state index is -1.57. The van der Waals surface area contributed by atoms with Gasteiger partial charge in [0.05, 0.1) is 0 Å². The summed E-state index contributed by atoms with van der Waals surface area (Å²) in [6.45, 7) is 1.74. The largest absolute Gasteiger partial charge is 0.463 e. The first-order chi connectivity index (χ1) is 13.0. The third-order valence-corrected chi connectivity index (χ3v) is 4.65. The van der Waals surface area contributed by atoms with E-state index >= 15 is 0 Å². The van der Waals surface area contributed by atoms with Crippen LogP contribution in [0, 0.1) is 0 Å². The fourth-order valence-electron chi connectivity index (χ4n) is 2.98. The fourth-order valence-corrected chi connectivity index (χ4v) is 2.98. The van der Waals surface area contributed by atoms with Crippen molar-refractivity contribution in [3.63, 3.8) is 0 Å². The normalized spacial score (nSPS) is 17.9. The number of ketones is 2. The Hall–Kier alpha value is -1.76. The van der Waals surface area contributed by atoms with E-state index in [0.717, 1.165) is 12.8 Å². The minimum absolute atomic E-state index is 0.237. The number of unbranched alkanes of at least 4 members (excludes halogenated alkanes) is 10. The third kappa shape index (κ3) is 9.13. The van der Waals surface area contributed by atoms with Crippen LogP contribution in [0.1, 0.15) is 84.0 Å². The van der Waals surface area contributed by atoms with Gasteiger partial charge in [-0.3, -0.25) is 14.4 Å². The highest BCUT2D eigenvalue weighted by atomic mass is 16.6. The molecule has 2 atom stereocenters. The number of hydrogen-bond donors (Lipinski definition) is 1. The lowest BCUT2D eigenvalue weighted by Gasteiger charge is -2.15. The molecular weight excluding hydrogens is 352 g/mol. The number of esters is 2. The van der Waals surface area contributed by atoms with Gasteiger partial charge in [0.25, 0.3) is 5.78 Å². The summed E-state index contributed by atoms with van der Waals surface area (Å²) in [6, 6.07) is 0. The monoisotopic (exact) mass is 384 g/mol. The predicted molar refractivity (Wildman–Crippen MR) is 97.9 cm³/mol. The van der Waals surface area contributed by atoms with Crippen LogP contribution in [0.15, 0.2) is 0 Å². The van der Waals surface area contributed by atoms with Gasteiger partial charge in [-0.2, -0.15) is 0 Å². The molecule has 0 saturated carbocycles. The van der Waals surface area contributed by atoms with Crippen molar-refractivity contribution < 1.29 is 33.8 Å². The smallest absolute Gasteiger partial charge is 0.383 e. The third-order valence-electron chi connectivity index (χ3n) is 4.65. The van der Waals surface area contributed by atoms with E-state index in [4.69, 9.17) is 4.74 Å². The average Bonchev–Trinajstić information content (AvgIpc) is 2.91. The number of rotatable bonds is 15. The molecule has 0 unspecified atom stereocenters. The summed E-state index contributed by atoms with van der Waals surface area (Å²) in [4.78, 5) is 45.0. The molecule has 1 saturated heterocycles. The molecule has 7 heteroatoms. The van der Waals surface area contributed by atoms with E-state index in [1.54, 1.807) is 0 Å². The fraction of sp³-hybridized carbons (Fsp3) is 0.800. The zero-order chi connectivity index (χ0) is 20.1. The minimum Gasteiger partial charge on any atom is -0.463 e. The second-order valence-corrected chi connectivity index (χ2v) is 7.06. The van der Waals surface area contributed by atoms with E-state index < -0.39 is 42.3 Å². The first-order valence-electron chi connectivity index (χ1n) is 10.1. The molecule has 0 amide bonds. The summed E-state index contributed by atoms with van der Waals surface area (Å²) in [5.74, 6) is -4.15. The maximum atomic E-state index is 11.6. The molecule has 1 heterocycles. The maximum absolute atomic E-state index is 11.6. The number of cyclic esters (lactones) is 1. The van der Waals surface area contributed by atoms with Gasteiger partial charge in [0.1, 0.15) is 12.7 Å². The SMILES string of the molecule is CCCCCCCCCCCCCC(=O)OC[C@H](O)[C@H]1OC(=O)C(=O)C1=O. The standard InChI is InChI=1S/C20H32O7/c1-2-3-4-5-6-7-8-9-10-11-12-13-16(22)26-14-15(21)19-17(23)18(24)20(25)27-19/h15,19,21H,2-14H2,1H3/t15-,19+/m0/s1. The Bertz CT molecular complexity index is 501. The Morgan fingerprint density at radius 2 is 1.48 bits per heavy atom. The van der Waals surface area contributed by atoms with Gasteiger partial charge in [0.15, 0.2) is 6.10 Å². The van der Waals surface area contributed by atoms with E-state index in [9.17, 15) is 24.3 Å². The summed E-state index contributed by atoms with van der Waals surface area (Å²) in [5.41, 5.74) is 0. The van der Waals surface area contributed by atoms with Crippen LogP contribution in [0.25, 0.3) is 0 Å². The number of aliphatic hydroxyl groups is 1. The van der Waals surface area contributed by atoms with Gasteiger partial charge in [0, 0.05) is 6.42 Å². The molecule has 1 aliphatic rings. The van der Waals surface area contributed by atoms with Gasteiger partial charge in [-0.25, -0.2) is 4.79 Å². The number of carbonyl (C=O) groups is 4. The van der Waals surface area contributed by atoms with Gasteiger partial charge < -0.3 is 14.6 Å². The van der Waals surface area contributed by atoms with Crippen molar-refractivity contribution in [2.45, 2.75) is 96.2 Å². The van der Waals surface area contributed by atoms with Gasteiger partial charge in [-0.05, 0) is 6.42 Å². The lowest BCUT2D eigenvalue weighted by atomic mass is 10.1. The van der Waals surface area contributed by atoms with E-state index in [0.29, 0.717) is 6.42 Å². The highest BCUT2D eigenvalue weighted by Gasteiger charge is 2.46. The highest BCUT2D eigenvalue weighted by molar-refractivity contribution is 6.65. The molecule has 1 fully saturated rings. The van der Waals surface area contributed by atoms with Crippen LogP contribution in [-0.2, 0) is 28.7 Å². The van der Waals surface area contributed by atoms with Crippen molar-refractivity contribution in [1.82, 2.24) is 0 Å².